The van der Waals surface area contributed by atoms with E-state index >= 15 is 0 Å². The van der Waals surface area contributed by atoms with Crippen molar-refractivity contribution in [3.8, 4) is 0 Å². The van der Waals surface area contributed by atoms with Crippen LogP contribution in [0, 0.1) is 5.92 Å². The summed E-state index contributed by atoms with van der Waals surface area (Å²) < 4.78 is 2.26. The van der Waals surface area contributed by atoms with Crippen molar-refractivity contribution in [1.29, 1.82) is 0 Å². The first-order valence-electron chi connectivity index (χ1n) is 7.24. The standard InChI is InChI=1S/C14H23N3O/c18-10-12-4-2-6-17-9-13(16-14(12)17)7-11-3-1-5-15-8-11/h9,11-12,15,18H,1-8,10H2. The van der Waals surface area contributed by atoms with Crippen molar-refractivity contribution < 1.29 is 5.11 Å². The molecule has 3 rings (SSSR count). The number of aliphatic hydroxyl groups is 1. The first kappa shape index (κ1) is 12.2. The lowest BCUT2D eigenvalue weighted by molar-refractivity contribution is 0.238. The van der Waals surface area contributed by atoms with Gasteiger partial charge in [0.2, 0.25) is 0 Å². The molecule has 0 aliphatic carbocycles. The highest BCUT2D eigenvalue weighted by Crippen LogP contribution is 2.27. The Kier molecular flexibility index (Phi) is 3.66. The van der Waals surface area contributed by atoms with Gasteiger partial charge < -0.3 is 15.0 Å². The van der Waals surface area contributed by atoms with Gasteiger partial charge in [-0.1, -0.05) is 0 Å². The molecule has 2 atom stereocenters. The van der Waals surface area contributed by atoms with Crippen LogP contribution in [0.3, 0.4) is 0 Å². The molecule has 3 heterocycles. The van der Waals surface area contributed by atoms with Crippen LogP contribution in [0.1, 0.15) is 43.1 Å². The number of hydrogen-bond donors (Lipinski definition) is 2. The summed E-state index contributed by atoms with van der Waals surface area (Å²) >= 11 is 0. The van der Waals surface area contributed by atoms with E-state index in [2.05, 4.69) is 16.1 Å². The zero-order chi connectivity index (χ0) is 12.4. The van der Waals surface area contributed by atoms with Crippen LogP contribution in [-0.4, -0.2) is 34.4 Å². The highest BCUT2D eigenvalue weighted by Gasteiger charge is 2.23. The van der Waals surface area contributed by atoms with E-state index in [9.17, 15) is 5.11 Å². The Hall–Kier alpha value is -0.870. The molecule has 0 bridgehead atoms. The first-order valence-corrected chi connectivity index (χ1v) is 7.24. The molecule has 2 aliphatic rings. The van der Waals surface area contributed by atoms with Gasteiger partial charge in [-0.2, -0.15) is 0 Å². The normalized spacial score (nSPS) is 28.1. The van der Waals surface area contributed by atoms with Crippen LogP contribution in [0.25, 0.3) is 0 Å². The molecule has 0 amide bonds. The van der Waals surface area contributed by atoms with Crippen molar-refractivity contribution >= 4 is 0 Å². The number of rotatable bonds is 3. The number of imidazole rings is 1. The van der Waals surface area contributed by atoms with E-state index in [0.29, 0.717) is 0 Å². The first-order chi connectivity index (χ1) is 8.86. The number of nitrogens with zero attached hydrogens (tertiary/aromatic N) is 2. The number of fused-ring (bicyclic) bond motifs is 1. The van der Waals surface area contributed by atoms with Crippen LogP contribution in [0.15, 0.2) is 6.20 Å². The Morgan fingerprint density at radius 3 is 3.11 bits per heavy atom. The second kappa shape index (κ2) is 5.41. The average Bonchev–Trinajstić information content (AvgIpc) is 2.82. The second-order valence-corrected chi connectivity index (χ2v) is 5.72. The molecule has 0 aromatic carbocycles. The molecular formula is C14H23N3O. The van der Waals surface area contributed by atoms with E-state index in [-0.39, 0.29) is 12.5 Å². The van der Waals surface area contributed by atoms with Crippen LogP contribution in [0.4, 0.5) is 0 Å². The summed E-state index contributed by atoms with van der Waals surface area (Å²) in [5, 5.41) is 12.9. The van der Waals surface area contributed by atoms with Gasteiger partial charge in [0, 0.05) is 18.7 Å². The van der Waals surface area contributed by atoms with E-state index in [1.54, 1.807) is 0 Å². The fourth-order valence-electron chi connectivity index (χ4n) is 3.29. The quantitative estimate of drug-likeness (QED) is 0.849. The molecule has 1 aromatic rings. The molecule has 4 heteroatoms. The zero-order valence-electron chi connectivity index (χ0n) is 10.9. The van der Waals surface area contributed by atoms with Gasteiger partial charge in [0.1, 0.15) is 5.82 Å². The van der Waals surface area contributed by atoms with Crippen LogP contribution >= 0.6 is 0 Å². The summed E-state index contributed by atoms with van der Waals surface area (Å²) in [7, 11) is 0. The van der Waals surface area contributed by atoms with Crippen molar-refractivity contribution in [2.24, 2.45) is 5.92 Å². The summed E-state index contributed by atoms with van der Waals surface area (Å²) in [5.41, 5.74) is 1.22. The van der Waals surface area contributed by atoms with Crippen molar-refractivity contribution in [2.45, 2.75) is 44.6 Å². The molecule has 1 saturated heterocycles. The minimum absolute atomic E-state index is 0.238. The topological polar surface area (TPSA) is 50.1 Å². The number of hydrogen-bond acceptors (Lipinski definition) is 3. The lowest BCUT2D eigenvalue weighted by Crippen LogP contribution is -2.30. The fourth-order valence-corrected chi connectivity index (χ4v) is 3.29. The monoisotopic (exact) mass is 249 g/mol. The lowest BCUT2D eigenvalue weighted by atomic mass is 9.95. The van der Waals surface area contributed by atoms with Crippen molar-refractivity contribution in [3.63, 3.8) is 0 Å². The van der Waals surface area contributed by atoms with Gasteiger partial charge in [0.25, 0.3) is 0 Å². The van der Waals surface area contributed by atoms with Crippen LogP contribution < -0.4 is 5.32 Å². The Bertz CT molecular complexity index is 396. The highest BCUT2D eigenvalue weighted by atomic mass is 16.3. The molecule has 0 spiro atoms. The third-order valence-corrected chi connectivity index (χ3v) is 4.29. The molecule has 2 unspecified atom stereocenters. The van der Waals surface area contributed by atoms with Gasteiger partial charge in [-0.3, -0.25) is 0 Å². The average molecular weight is 249 g/mol. The smallest absolute Gasteiger partial charge is 0.114 e. The van der Waals surface area contributed by atoms with E-state index in [1.807, 2.05) is 0 Å². The number of aryl methyl sites for hydroxylation is 1. The van der Waals surface area contributed by atoms with E-state index in [0.717, 1.165) is 37.7 Å². The lowest BCUT2D eigenvalue weighted by Gasteiger charge is -2.21. The Morgan fingerprint density at radius 1 is 1.39 bits per heavy atom. The molecule has 2 aliphatic heterocycles. The Labute approximate surface area is 108 Å². The second-order valence-electron chi connectivity index (χ2n) is 5.72. The Morgan fingerprint density at radius 2 is 2.33 bits per heavy atom. The molecule has 18 heavy (non-hydrogen) atoms. The molecule has 4 nitrogen and oxygen atoms in total. The predicted octanol–water partition coefficient (Wildman–Crippen LogP) is 1.29. The molecular weight excluding hydrogens is 226 g/mol. The fraction of sp³-hybridized carbons (Fsp3) is 0.786. The molecule has 1 aromatic heterocycles. The van der Waals surface area contributed by atoms with Gasteiger partial charge >= 0.3 is 0 Å². The van der Waals surface area contributed by atoms with Gasteiger partial charge in [-0.05, 0) is 51.1 Å². The molecule has 2 N–H and O–H groups in total. The van der Waals surface area contributed by atoms with Gasteiger partial charge in [-0.15, -0.1) is 0 Å². The van der Waals surface area contributed by atoms with E-state index < -0.39 is 0 Å². The summed E-state index contributed by atoms with van der Waals surface area (Å²) in [6.45, 7) is 3.61. The van der Waals surface area contributed by atoms with Gasteiger partial charge in [0.05, 0.1) is 12.3 Å². The molecule has 0 saturated carbocycles. The Balaban J connectivity index is 1.71. The third-order valence-electron chi connectivity index (χ3n) is 4.29. The molecule has 1 fully saturated rings. The van der Waals surface area contributed by atoms with E-state index in [4.69, 9.17) is 4.98 Å². The largest absolute Gasteiger partial charge is 0.396 e. The number of aliphatic hydroxyl groups excluding tert-OH is 1. The predicted molar refractivity (Wildman–Crippen MR) is 70.6 cm³/mol. The maximum Gasteiger partial charge on any atom is 0.114 e. The van der Waals surface area contributed by atoms with Crippen LogP contribution in [-0.2, 0) is 13.0 Å². The van der Waals surface area contributed by atoms with Crippen molar-refractivity contribution in [1.82, 2.24) is 14.9 Å². The summed E-state index contributed by atoms with van der Waals surface area (Å²) in [6.07, 6.45) is 8.16. The van der Waals surface area contributed by atoms with Crippen molar-refractivity contribution in [3.05, 3.63) is 17.7 Å². The SMILES string of the molecule is OCC1CCCn2cc(CC3CCCNC3)nc21. The number of piperidine rings is 1. The highest BCUT2D eigenvalue weighted by molar-refractivity contribution is 5.11. The van der Waals surface area contributed by atoms with Gasteiger partial charge in [0.15, 0.2) is 0 Å². The summed E-state index contributed by atoms with van der Waals surface area (Å²) in [6, 6.07) is 0. The van der Waals surface area contributed by atoms with E-state index in [1.165, 1.54) is 31.5 Å². The number of nitrogens with one attached hydrogen (secondary N) is 1. The maximum absolute atomic E-state index is 9.41. The van der Waals surface area contributed by atoms with Crippen LogP contribution in [0.2, 0.25) is 0 Å². The molecule has 0 radical (unpaired) electrons. The minimum Gasteiger partial charge on any atom is -0.396 e. The zero-order valence-corrected chi connectivity index (χ0v) is 10.9. The molecule has 100 valence electrons. The van der Waals surface area contributed by atoms with Crippen molar-refractivity contribution in [2.75, 3.05) is 19.7 Å². The van der Waals surface area contributed by atoms with Crippen LogP contribution in [0.5, 0.6) is 0 Å². The maximum atomic E-state index is 9.41. The summed E-state index contributed by atoms with van der Waals surface area (Å²) in [4.78, 5) is 4.77. The third kappa shape index (κ3) is 2.45. The van der Waals surface area contributed by atoms with Gasteiger partial charge in [-0.25, -0.2) is 4.98 Å². The minimum atomic E-state index is 0.238. The number of aromatic nitrogens is 2. The summed E-state index contributed by atoms with van der Waals surface area (Å²) in [5.74, 6) is 2.11.